The Bertz CT molecular complexity index is 787. The summed E-state index contributed by atoms with van der Waals surface area (Å²) in [4.78, 5) is 22.6. The number of carbonyl (C=O) groups excluding carboxylic acids is 1. The number of hydrogen-bond donors (Lipinski definition) is 3. The highest BCUT2D eigenvalue weighted by atomic mass is 16.1. The molecule has 33 heavy (non-hydrogen) atoms. The topological polar surface area (TPSA) is 84.4 Å². The van der Waals surface area contributed by atoms with Crippen LogP contribution in [0, 0.1) is 11.3 Å². The van der Waals surface area contributed by atoms with E-state index in [0.717, 1.165) is 44.8 Å². The third-order valence-electron chi connectivity index (χ3n) is 7.14. The molecule has 3 heterocycles. The zero-order valence-corrected chi connectivity index (χ0v) is 21.1. The maximum Gasteiger partial charge on any atom is 0.270 e. The molecule has 0 bridgehead atoms. The number of hydrogen-bond acceptors (Lipinski definition) is 6. The van der Waals surface area contributed by atoms with Crippen molar-refractivity contribution in [3.63, 3.8) is 0 Å². The fourth-order valence-corrected chi connectivity index (χ4v) is 4.98. The molecule has 0 spiro atoms. The van der Waals surface area contributed by atoms with Crippen LogP contribution in [-0.4, -0.2) is 66.8 Å². The lowest BCUT2D eigenvalue weighted by molar-refractivity contribution is -0.115. The zero-order chi connectivity index (χ0) is 23.8. The van der Waals surface area contributed by atoms with Crippen LogP contribution in [0.5, 0.6) is 0 Å². The zero-order valence-electron chi connectivity index (χ0n) is 21.1. The van der Waals surface area contributed by atoms with Crippen LogP contribution in [0.2, 0.25) is 0 Å². The van der Waals surface area contributed by atoms with E-state index in [1.807, 2.05) is 19.2 Å². The van der Waals surface area contributed by atoms with Crippen LogP contribution in [0.4, 0.5) is 11.6 Å². The number of likely N-dealkylation sites (tertiary alicyclic amines) is 1. The van der Waals surface area contributed by atoms with Crippen LogP contribution >= 0.6 is 0 Å². The molecular weight excluding hydrogens is 412 g/mol. The van der Waals surface area contributed by atoms with Crippen molar-refractivity contribution < 1.29 is 4.79 Å². The summed E-state index contributed by atoms with van der Waals surface area (Å²) in [7, 11) is 1.81. The molecule has 7 nitrogen and oxygen atoms in total. The molecule has 0 radical (unpaired) electrons. The number of aromatic nitrogens is 1. The molecule has 0 aliphatic carbocycles. The number of nitrogens with zero attached hydrogens (tertiary/aromatic N) is 3. The standard InChI is InChI=1S/C26H44N6O/c1-19(2)12-16-31-17-13-21(18-20(31)3)29-26(33)24(27)22-10-11-23(30-25(22)28-4)32-14-8-6-5-7-9-15-32/h10-11,19-21,27H,5-9,12-18H2,1-4H3,(H,28,30)(H,29,33). The number of anilines is 2. The van der Waals surface area contributed by atoms with Gasteiger partial charge < -0.3 is 20.4 Å². The van der Waals surface area contributed by atoms with Gasteiger partial charge in [0, 0.05) is 44.3 Å². The first-order valence-corrected chi connectivity index (χ1v) is 13.0. The number of pyridine rings is 1. The number of amides is 1. The van der Waals surface area contributed by atoms with E-state index in [0.29, 0.717) is 23.3 Å². The van der Waals surface area contributed by atoms with Crippen molar-refractivity contribution >= 4 is 23.3 Å². The lowest BCUT2D eigenvalue weighted by Crippen LogP contribution is -2.50. The molecule has 2 atom stereocenters. The third-order valence-corrected chi connectivity index (χ3v) is 7.14. The Morgan fingerprint density at radius 2 is 1.85 bits per heavy atom. The Morgan fingerprint density at radius 1 is 1.15 bits per heavy atom. The van der Waals surface area contributed by atoms with Crippen LogP contribution in [-0.2, 0) is 4.79 Å². The fourth-order valence-electron chi connectivity index (χ4n) is 4.98. The lowest BCUT2D eigenvalue weighted by atomic mass is 9.96. The molecule has 3 rings (SSSR count). The second-order valence-electron chi connectivity index (χ2n) is 10.2. The number of piperidine rings is 1. The largest absolute Gasteiger partial charge is 0.373 e. The van der Waals surface area contributed by atoms with Gasteiger partial charge in [0.2, 0.25) is 0 Å². The normalized spacial score (nSPS) is 22.5. The van der Waals surface area contributed by atoms with Crippen molar-refractivity contribution in [2.75, 3.05) is 43.4 Å². The maximum atomic E-state index is 12.9. The Hall–Kier alpha value is -2.15. The van der Waals surface area contributed by atoms with Crippen molar-refractivity contribution in [1.82, 2.24) is 15.2 Å². The van der Waals surface area contributed by atoms with Crippen molar-refractivity contribution in [2.45, 2.75) is 84.2 Å². The second-order valence-corrected chi connectivity index (χ2v) is 10.2. The van der Waals surface area contributed by atoms with E-state index >= 15 is 0 Å². The molecule has 1 amide bonds. The van der Waals surface area contributed by atoms with E-state index in [1.54, 1.807) is 0 Å². The van der Waals surface area contributed by atoms with Gasteiger partial charge in [-0.15, -0.1) is 0 Å². The molecule has 3 N–H and O–H groups in total. The molecule has 2 aliphatic heterocycles. The van der Waals surface area contributed by atoms with E-state index < -0.39 is 0 Å². The molecule has 0 saturated carbocycles. The van der Waals surface area contributed by atoms with Crippen molar-refractivity contribution in [2.24, 2.45) is 5.92 Å². The number of nitrogens with one attached hydrogen (secondary N) is 3. The summed E-state index contributed by atoms with van der Waals surface area (Å²) in [5.74, 6) is 1.94. The van der Waals surface area contributed by atoms with Crippen molar-refractivity contribution in [3.05, 3.63) is 17.7 Å². The van der Waals surface area contributed by atoms with E-state index in [-0.39, 0.29) is 17.7 Å². The van der Waals surface area contributed by atoms with Gasteiger partial charge in [0.15, 0.2) is 0 Å². The van der Waals surface area contributed by atoms with E-state index in [1.165, 1.54) is 38.5 Å². The fraction of sp³-hybridized carbons (Fsp3) is 0.731. The van der Waals surface area contributed by atoms with Gasteiger partial charge >= 0.3 is 0 Å². The van der Waals surface area contributed by atoms with Gasteiger partial charge in [0.05, 0.1) is 0 Å². The molecule has 2 fully saturated rings. The number of rotatable bonds is 8. The molecule has 0 aromatic carbocycles. The monoisotopic (exact) mass is 456 g/mol. The summed E-state index contributed by atoms with van der Waals surface area (Å²) in [6.45, 7) is 10.9. The minimum Gasteiger partial charge on any atom is -0.373 e. The smallest absolute Gasteiger partial charge is 0.270 e. The Labute approximate surface area is 200 Å². The van der Waals surface area contributed by atoms with Gasteiger partial charge in [0.25, 0.3) is 5.91 Å². The summed E-state index contributed by atoms with van der Waals surface area (Å²) >= 11 is 0. The van der Waals surface area contributed by atoms with Gasteiger partial charge in [-0.05, 0) is 63.6 Å². The average Bonchev–Trinajstić information content (AvgIpc) is 2.77. The van der Waals surface area contributed by atoms with E-state index in [2.05, 4.69) is 41.2 Å². The number of carbonyl (C=O) groups is 1. The van der Waals surface area contributed by atoms with Crippen LogP contribution in [0.3, 0.4) is 0 Å². The maximum absolute atomic E-state index is 12.9. The molecule has 2 saturated heterocycles. The SMILES string of the molecule is CNc1nc(N2CCCCCCC2)ccc1C(=N)C(=O)NC1CCN(CCC(C)C)C(C)C1. The molecular formula is C26H44N6O. The summed E-state index contributed by atoms with van der Waals surface area (Å²) in [6, 6.07) is 4.42. The summed E-state index contributed by atoms with van der Waals surface area (Å²) in [6.07, 6.45) is 9.31. The van der Waals surface area contributed by atoms with Crippen LogP contribution in [0.15, 0.2) is 12.1 Å². The van der Waals surface area contributed by atoms with Gasteiger partial charge in [0.1, 0.15) is 17.3 Å². The van der Waals surface area contributed by atoms with Gasteiger partial charge in [-0.3, -0.25) is 10.2 Å². The Balaban J connectivity index is 1.60. The third kappa shape index (κ3) is 7.16. The molecule has 2 unspecified atom stereocenters. The first-order chi connectivity index (χ1) is 15.9. The summed E-state index contributed by atoms with van der Waals surface area (Å²) in [5, 5.41) is 14.8. The molecule has 1 aromatic rings. The Kier molecular flexibility index (Phi) is 9.53. The predicted molar refractivity (Wildman–Crippen MR) is 138 cm³/mol. The minimum atomic E-state index is -0.305. The minimum absolute atomic E-state index is 0.0130. The van der Waals surface area contributed by atoms with Gasteiger partial charge in [-0.2, -0.15) is 0 Å². The predicted octanol–water partition coefficient (Wildman–Crippen LogP) is 4.28. The average molecular weight is 457 g/mol. The van der Waals surface area contributed by atoms with Crippen LogP contribution in [0.25, 0.3) is 0 Å². The summed E-state index contributed by atoms with van der Waals surface area (Å²) < 4.78 is 0. The first kappa shape index (κ1) is 25.5. The Morgan fingerprint density at radius 3 is 2.48 bits per heavy atom. The molecule has 7 heteroatoms. The highest BCUT2D eigenvalue weighted by Gasteiger charge is 2.28. The van der Waals surface area contributed by atoms with Gasteiger partial charge in [-0.1, -0.05) is 33.1 Å². The van der Waals surface area contributed by atoms with Crippen LogP contribution in [0.1, 0.15) is 77.7 Å². The van der Waals surface area contributed by atoms with Gasteiger partial charge in [-0.25, -0.2) is 4.98 Å². The lowest BCUT2D eigenvalue weighted by Gasteiger charge is -2.38. The van der Waals surface area contributed by atoms with E-state index in [9.17, 15) is 4.79 Å². The van der Waals surface area contributed by atoms with Crippen LogP contribution < -0.4 is 15.5 Å². The molecule has 2 aliphatic rings. The van der Waals surface area contributed by atoms with Crippen molar-refractivity contribution in [1.29, 1.82) is 5.41 Å². The first-order valence-electron chi connectivity index (χ1n) is 13.0. The van der Waals surface area contributed by atoms with Crippen molar-refractivity contribution in [3.8, 4) is 0 Å². The molecule has 1 aromatic heterocycles. The summed E-state index contributed by atoms with van der Waals surface area (Å²) in [5.41, 5.74) is 0.550. The second kappa shape index (κ2) is 12.4. The highest BCUT2D eigenvalue weighted by Crippen LogP contribution is 2.23. The molecule has 184 valence electrons. The highest BCUT2D eigenvalue weighted by molar-refractivity contribution is 6.45. The van der Waals surface area contributed by atoms with E-state index in [4.69, 9.17) is 10.4 Å². The quantitative estimate of drug-likeness (QED) is 0.509.